The number of rotatable bonds is 6. The van der Waals surface area contributed by atoms with Crippen molar-refractivity contribution in [1.29, 1.82) is 0 Å². The van der Waals surface area contributed by atoms with Crippen LogP contribution in [0.3, 0.4) is 0 Å². The van der Waals surface area contributed by atoms with Crippen molar-refractivity contribution in [2.75, 3.05) is 24.4 Å². The third-order valence-electron chi connectivity index (χ3n) is 3.96. The van der Waals surface area contributed by atoms with Crippen LogP contribution < -0.4 is 16.3 Å². The van der Waals surface area contributed by atoms with Crippen LogP contribution in [0.1, 0.15) is 5.56 Å². The number of carbonyl (C=O) groups excluding carboxylic acids is 1. The summed E-state index contributed by atoms with van der Waals surface area (Å²) >= 11 is 0. The number of aromatic nitrogens is 4. The summed E-state index contributed by atoms with van der Waals surface area (Å²) in [6, 6.07) is 9.68. The quantitative estimate of drug-likeness (QED) is 0.636. The first-order valence-electron chi connectivity index (χ1n) is 8.65. The Morgan fingerprint density at radius 1 is 1.07 bits per heavy atom. The smallest absolute Gasteiger partial charge is 0.383 e. The van der Waals surface area contributed by atoms with Crippen LogP contribution in [0.5, 0.6) is 0 Å². The number of nitrogens with zero attached hydrogens (tertiary/aromatic N) is 4. The molecule has 2 N–H and O–H groups in total. The zero-order valence-electron chi connectivity index (χ0n) is 15.7. The van der Waals surface area contributed by atoms with Gasteiger partial charge in [0.1, 0.15) is 0 Å². The standard InChI is InChI=1S/C18H17F3N6O3/c1-30-10-9-26-17(29)27(25-24-26)15-7-5-13(6-8-15)22-16(28)23-14-4-2-3-12(11-14)18(19,20)21/h2-8,11H,9-10H2,1H3,(H2,22,23,28). The normalized spacial score (nSPS) is 11.3. The lowest BCUT2D eigenvalue weighted by Crippen LogP contribution is -2.25. The number of benzene rings is 2. The number of hydrogen-bond donors (Lipinski definition) is 2. The van der Waals surface area contributed by atoms with Gasteiger partial charge in [0.15, 0.2) is 0 Å². The fourth-order valence-corrected chi connectivity index (χ4v) is 2.51. The summed E-state index contributed by atoms with van der Waals surface area (Å²) in [7, 11) is 1.50. The molecular formula is C18H17F3N6O3. The number of carbonyl (C=O) groups is 1. The van der Waals surface area contributed by atoms with Gasteiger partial charge in [-0.1, -0.05) is 6.07 Å². The molecule has 0 unspecified atom stereocenters. The highest BCUT2D eigenvalue weighted by Gasteiger charge is 2.30. The summed E-state index contributed by atoms with van der Waals surface area (Å²) in [6.07, 6.45) is -4.51. The van der Waals surface area contributed by atoms with E-state index in [-0.39, 0.29) is 12.2 Å². The molecule has 1 heterocycles. The number of anilines is 2. The Hall–Kier alpha value is -3.67. The maximum Gasteiger partial charge on any atom is 0.416 e. The summed E-state index contributed by atoms with van der Waals surface area (Å²) in [4.78, 5) is 24.3. The second-order valence-electron chi connectivity index (χ2n) is 6.09. The second-order valence-corrected chi connectivity index (χ2v) is 6.09. The lowest BCUT2D eigenvalue weighted by atomic mass is 10.2. The molecule has 2 aromatic carbocycles. The van der Waals surface area contributed by atoms with Crippen LogP contribution in [0.2, 0.25) is 0 Å². The lowest BCUT2D eigenvalue weighted by molar-refractivity contribution is -0.137. The Labute approximate surface area is 168 Å². The highest BCUT2D eigenvalue weighted by molar-refractivity contribution is 5.99. The number of ether oxygens (including phenoxy) is 1. The SMILES string of the molecule is COCCn1nnn(-c2ccc(NC(=O)Nc3cccc(C(F)(F)F)c3)cc2)c1=O. The van der Waals surface area contributed by atoms with Gasteiger partial charge >= 0.3 is 17.9 Å². The Kier molecular flexibility index (Phi) is 6.16. The molecule has 0 aliphatic heterocycles. The van der Waals surface area contributed by atoms with Crippen LogP contribution in [0.4, 0.5) is 29.3 Å². The first-order chi connectivity index (χ1) is 14.3. The molecule has 0 fully saturated rings. The van der Waals surface area contributed by atoms with E-state index in [4.69, 9.17) is 4.74 Å². The molecule has 3 rings (SSSR count). The van der Waals surface area contributed by atoms with Gasteiger partial charge in [-0.3, -0.25) is 0 Å². The lowest BCUT2D eigenvalue weighted by Gasteiger charge is -2.11. The number of alkyl halides is 3. The largest absolute Gasteiger partial charge is 0.416 e. The molecule has 0 bridgehead atoms. The zero-order chi connectivity index (χ0) is 21.7. The summed E-state index contributed by atoms with van der Waals surface area (Å²) in [6.45, 7) is 0.563. The topological polar surface area (TPSA) is 103 Å². The zero-order valence-corrected chi connectivity index (χ0v) is 15.7. The van der Waals surface area contributed by atoms with Crippen LogP contribution in [0, 0.1) is 0 Å². The average Bonchev–Trinajstić information content (AvgIpc) is 3.07. The van der Waals surface area contributed by atoms with Crippen molar-refractivity contribution in [2.45, 2.75) is 12.7 Å². The van der Waals surface area contributed by atoms with E-state index in [1.165, 1.54) is 43.5 Å². The number of tetrazole rings is 1. The van der Waals surface area contributed by atoms with Crippen molar-refractivity contribution in [3.05, 3.63) is 64.6 Å². The molecule has 2 amide bonds. The number of nitrogens with one attached hydrogen (secondary N) is 2. The van der Waals surface area contributed by atoms with Crippen LogP contribution in [0.15, 0.2) is 53.3 Å². The molecule has 0 radical (unpaired) electrons. The van der Waals surface area contributed by atoms with Crippen molar-refractivity contribution in [3.8, 4) is 5.69 Å². The molecule has 0 atom stereocenters. The van der Waals surface area contributed by atoms with E-state index < -0.39 is 23.5 Å². The average molecular weight is 422 g/mol. The van der Waals surface area contributed by atoms with Gasteiger partial charge in [0.05, 0.1) is 24.4 Å². The minimum absolute atomic E-state index is 0.00169. The van der Waals surface area contributed by atoms with E-state index in [1.807, 2.05) is 0 Å². The number of halogens is 3. The Balaban J connectivity index is 1.65. The van der Waals surface area contributed by atoms with Crippen molar-refractivity contribution in [2.24, 2.45) is 0 Å². The minimum atomic E-state index is -4.51. The fourth-order valence-electron chi connectivity index (χ4n) is 2.51. The Morgan fingerprint density at radius 3 is 2.43 bits per heavy atom. The van der Waals surface area contributed by atoms with E-state index in [9.17, 15) is 22.8 Å². The summed E-state index contributed by atoms with van der Waals surface area (Å²) in [5.74, 6) is 0. The van der Waals surface area contributed by atoms with E-state index >= 15 is 0 Å². The molecule has 12 heteroatoms. The highest BCUT2D eigenvalue weighted by atomic mass is 19.4. The molecule has 3 aromatic rings. The summed E-state index contributed by atoms with van der Waals surface area (Å²) < 4.78 is 45.4. The molecule has 0 saturated heterocycles. The van der Waals surface area contributed by atoms with Crippen LogP contribution in [0.25, 0.3) is 5.69 Å². The maximum atomic E-state index is 12.8. The molecule has 0 spiro atoms. The Bertz CT molecular complexity index is 1080. The molecule has 0 aliphatic rings. The monoisotopic (exact) mass is 422 g/mol. The Morgan fingerprint density at radius 2 is 1.77 bits per heavy atom. The minimum Gasteiger partial charge on any atom is -0.383 e. The van der Waals surface area contributed by atoms with Gasteiger partial charge in [-0.2, -0.15) is 22.5 Å². The third-order valence-corrected chi connectivity index (χ3v) is 3.96. The number of methoxy groups -OCH3 is 1. The van der Waals surface area contributed by atoms with Gasteiger partial charge in [0.2, 0.25) is 0 Å². The van der Waals surface area contributed by atoms with Crippen LogP contribution in [-0.4, -0.2) is 39.5 Å². The molecule has 0 saturated carbocycles. The predicted molar refractivity (Wildman–Crippen MR) is 102 cm³/mol. The van der Waals surface area contributed by atoms with Gasteiger partial charge in [-0.25, -0.2) is 9.59 Å². The number of urea groups is 1. The van der Waals surface area contributed by atoms with Crippen LogP contribution in [-0.2, 0) is 17.5 Å². The molecule has 9 nitrogen and oxygen atoms in total. The van der Waals surface area contributed by atoms with E-state index in [0.717, 1.165) is 21.5 Å². The van der Waals surface area contributed by atoms with Crippen molar-refractivity contribution < 1.29 is 22.7 Å². The second kappa shape index (κ2) is 8.78. The first-order valence-corrected chi connectivity index (χ1v) is 8.65. The number of hydrogen-bond acceptors (Lipinski definition) is 5. The van der Waals surface area contributed by atoms with Crippen molar-refractivity contribution in [3.63, 3.8) is 0 Å². The third kappa shape index (κ3) is 5.03. The number of amides is 2. The van der Waals surface area contributed by atoms with Crippen LogP contribution >= 0.6 is 0 Å². The van der Waals surface area contributed by atoms with Gasteiger partial charge in [-0.05, 0) is 52.9 Å². The summed E-state index contributed by atoms with van der Waals surface area (Å²) in [5.41, 5.74) is -0.530. The van der Waals surface area contributed by atoms with Gasteiger partial charge in [0, 0.05) is 18.5 Å². The summed E-state index contributed by atoms with van der Waals surface area (Å²) in [5, 5.41) is 12.4. The first kappa shape index (κ1) is 21.0. The predicted octanol–water partition coefficient (Wildman–Crippen LogP) is 2.74. The molecule has 0 aliphatic carbocycles. The molecule has 1 aromatic heterocycles. The van der Waals surface area contributed by atoms with E-state index in [2.05, 4.69) is 21.1 Å². The van der Waals surface area contributed by atoms with Crippen molar-refractivity contribution >= 4 is 17.4 Å². The van der Waals surface area contributed by atoms with Gasteiger partial charge < -0.3 is 15.4 Å². The molecular weight excluding hydrogens is 405 g/mol. The maximum absolute atomic E-state index is 12.8. The van der Waals surface area contributed by atoms with E-state index in [0.29, 0.717) is 18.0 Å². The fraction of sp³-hybridized carbons (Fsp3) is 0.222. The van der Waals surface area contributed by atoms with Crippen molar-refractivity contribution in [1.82, 2.24) is 19.8 Å². The highest BCUT2D eigenvalue weighted by Crippen LogP contribution is 2.30. The van der Waals surface area contributed by atoms with Gasteiger partial charge in [-0.15, -0.1) is 0 Å². The van der Waals surface area contributed by atoms with E-state index in [1.54, 1.807) is 0 Å². The molecule has 30 heavy (non-hydrogen) atoms. The van der Waals surface area contributed by atoms with Gasteiger partial charge in [0.25, 0.3) is 0 Å². The molecule has 158 valence electrons.